The second-order valence-electron chi connectivity index (χ2n) is 3.14. The molecule has 0 spiro atoms. The number of nitrogens with zero attached hydrogens (tertiary/aromatic N) is 2. The molecular formula is C9H16ClF2N3. The van der Waals surface area contributed by atoms with Crippen molar-refractivity contribution in [1.82, 2.24) is 15.1 Å². The van der Waals surface area contributed by atoms with Gasteiger partial charge in [-0.05, 0) is 13.0 Å². The van der Waals surface area contributed by atoms with Crippen molar-refractivity contribution >= 4 is 12.4 Å². The molecule has 0 unspecified atom stereocenters. The van der Waals surface area contributed by atoms with Crippen LogP contribution in [0.3, 0.4) is 0 Å². The first-order valence-electron chi connectivity index (χ1n) is 4.72. The molecule has 1 N–H and O–H groups in total. The molecule has 1 aromatic heterocycles. The molecule has 0 fully saturated rings. The molecule has 88 valence electrons. The standard InChI is InChI=1S/C9H15F2N3.ClH/c1-2-3-12-4-8-5-13-14(6-8)7-9(10)11;/h5-6,9,12H,2-4,7H2,1H3;1H. The molecule has 0 saturated heterocycles. The molecule has 0 radical (unpaired) electrons. The van der Waals surface area contributed by atoms with Crippen LogP contribution in [0, 0.1) is 0 Å². The zero-order chi connectivity index (χ0) is 10.4. The van der Waals surface area contributed by atoms with Crippen LogP contribution in [0.1, 0.15) is 18.9 Å². The lowest BCUT2D eigenvalue weighted by Gasteiger charge is -1.99. The molecule has 1 heterocycles. The summed E-state index contributed by atoms with van der Waals surface area (Å²) in [6.45, 7) is 3.37. The molecule has 0 aliphatic rings. The third-order valence-electron chi connectivity index (χ3n) is 1.77. The van der Waals surface area contributed by atoms with Gasteiger partial charge in [0.2, 0.25) is 0 Å². The highest BCUT2D eigenvalue weighted by Gasteiger charge is 2.04. The van der Waals surface area contributed by atoms with Gasteiger partial charge >= 0.3 is 0 Å². The normalized spacial score (nSPS) is 10.4. The van der Waals surface area contributed by atoms with E-state index in [2.05, 4.69) is 17.3 Å². The van der Waals surface area contributed by atoms with Gasteiger partial charge < -0.3 is 5.32 Å². The molecule has 0 atom stereocenters. The molecule has 0 saturated carbocycles. The second-order valence-corrected chi connectivity index (χ2v) is 3.14. The number of alkyl halides is 2. The Balaban J connectivity index is 0.00000196. The fourth-order valence-corrected chi connectivity index (χ4v) is 1.15. The Bertz CT molecular complexity index is 266. The van der Waals surface area contributed by atoms with Gasteiger partial charge in [0.1, 0.15) is 6.54 Å². The summed E-state index contributed by atoms with van der Waals surface area (Å²) in [6, 6.07) is 0. The van der Waals surface area contributed by atoms with E-state index in [0.717, 1.165) is 18.5 Å². The summed E-state index contributed by atoms with van der Waals surface area (Å²) in [6.07, 6.45) is 1.98. The van der Waals surface area contributed by atoms with Crippen LogP contribution in [-0.2, 0) is 13.1 Å². The van der Waals surface area contributed by atoms with Crippen molar-refractivity contribution in [1.29, 1.82) is 0 Å². The highest BCUT2D eigenvalue weighted by atomic mass is 35.5. The zero-order valence-corrected chi connectivity index (χ0v) is 9.44. The lowest BCUT2D eigenvalue weighted by molar-refractivity contribution is 0.122. The van der Waals surface area contributed by atoms with Gasteiger partial charge in [0, 0.05) is 18.3 Å². The summed E-state index contributed by atoms with van der Waals surface area (Å²) in [5.41, 5.74) is 0.944. The van der Waals surface area contributed by atoms with E-state index in [1.54, 1.807) is 12.4 Å². The molecule has 0 amide bonds. The Morgan fingerprint density at radius 1 is 1.53 bits per heavy atom. The van der Waals surface area contributed by atoms with Crippen LogP contribution in [0.2, 0.25) is 0 Å². The SMILES string of the molecule is CCCNCc1cnn(CC(F)F)c1.Cl. The summed E-state index contributed by atoms with van der Waals surface area (Å²) >= 11 is 0. The molecule has 0 aromatic carbocycles. The highest BCUT2D eigenvalue weighted by Crippen LogP contribution is 2.01. The van der Waals surface area contributed by atoms with Crippen molar-refractivity contribution in [3.63, 3.8) is 0 Å². The number of hydrogen-bond acceptors (Lipinski definition) is 2. The molecule has 0 bridgehead atoms. The number of aromatic nitrogens is 2. The summed E-state index contributed by atoms with van der Waals surface area (Å²) in [5, 5.41) is 7.01. The van der Waals surface area contributed by atoms with Crippen molar-refractivity contribution in [2.45, 2.75) is 32.9 Å². The monoisotopic (exact) mass is 239 g/mol. The van der Waals surface area contributed by atoms with Crippen molar-refractivity contribution in [2.75, 3.05) is 6.54 Å². The van der Waals surface area contributed by atoms with Crippen molar-refractivity contribution < 1.29 is 8.78 Å². The predicted octanol–water partition coefficient (Wildman–Crippen LogP) is 2.07. The van der Waals surface area contributed by atoms with Gasteiger partial charge in [-0.15, -0.1) is 12.4 Å². The van der Waals surface area contributed by atoms with Gasteiger partial charge in [-0.25, -0.2) is 8.78 Å². The lowest BCUT2D eigenvalue weighted by Crippen LogP contribution is -2.13. The summed E-state index contributed by atoms with van der Waals surface area (Å²) in [5.74, 6) is 0. The number of nitrogens with one attached hydrogen (secondary N) is 1. The van der Waals surface area contributed by atoms with E-state index in [1.807, 2.05) is 0 Å². The Labute approximate surface area is 94.3 Å². The molecule has 15 heavy (non-hydrogen) atoms. The minimum Gasteiger partial charge on any atom is -0.313 e. The third kappa shape index (κ3) is 5.69. The smallest absolute Gasteiger partial charge is 0.257 e. The molecule has 6 heteroatoms. The van der Waals surface area contributed by atoms with Crippen LogP contribution < -0.4 is 5.32 Å². The van der Waals surface area contributed by atoms with Crippen LogP contribution in [0.4, 0.5) is 8.78 Å². The summed E-state index contributed by atoms with van der Waals surface area (Å²) < 4.78 is 25.2. The van der Waals surface area contributed by atoms with Gasteiger partial charge in [-0.1, -0.05) is 6.92 Å². The second kappa shape index (κ2) is 7.59. The van der Waals surface area contributed by atoms with Crippen LogP contribution >= 0.6 is 12.4 Å². The quantitative estimate of drug-likeness (QED) is 0.771. The Morgan fingerprint density at radius 2 is 2.27 bits per heavy atom. The molecule has 3 nitrogen and oxygen atoms in total. The number of rotatable bonds is 6. The first-order chi connectivity index (χ1) is 6.72. The number of halogens is 3. The minimum atomic E-state index is -2.34. The Morgan fingerprint density at radius 3 is 2.87 bits per heavy atom. The zero-order valence-electron chi connectivity index (χ0n) is 8.62. The van der Waals surface area contributed by atoms with E-state index in [0.29, 0.717) is 6.54 Å². The maximum absolute atomic E-state index is 12.0. The summed E-state index contributed by atoms with van der Waals surface area (Å²) in [7, 11) is 0. The van der Waals surface area contributed by atoms with Crippen LogP contribution in [-0.4, -0.2) is 22.8 Å². The van der Waals surface area contributed by atoms with Gasteiger partial charge in [0.15, 0.2) is 0 Å². The van der Waals surface area contributed by atoms with Crippen LogP contribution in [0.25, 0.3) is 0 Å². The average molecular weight is 240 g/mol. The number of hydrogen-bond donors (Lipinski definition) is 1. The van der Waals surface area contributed by atoms with E-state index < -0.39 is 6.43 Å². The molecule has 0 aliphatic carbocycles. The topological polar surface area (TPSA) is 29.9 Å². The van der Waals surface area contributed by atoms with Crippen LogP contribution in [0.15, 0.2) is 12.4 Å². The molecular weight excluding hydrogens is 224 g/mol. The molecule has 1 rings (SSSR count). The van der Waals surface area contributed by atoms with Crippen molar-refractivity contribution in [2.24, 2.45) is 0 Å². The van der Waals surface area contributed by atoms with Gasteiger partial charge in [0.25, 0.3) is 6.43 Å². The van der Waals surface area contributed by atoms with Gasteiger partial charge in [-0.3, -0.25) is 4.68 Å². The maximum Gasteiger partial charge on any atom is 0.257 e. The first kappa shape index (κ1) is 14.3. The fourth-order valence-electron chi connectivity index (χ4n) is 1.15. The van der Waals surface area contributed by atoms with Gasteiger partial charge in [0.05, 0.1) is 6.20 Å². The first-order valence-corrected chi connectivity index (χ1v) is 4.72. The van der Waals surface area contributed by atoms with E-state index in [-0.39, 0.29) is 19.0 Å². The van der Waals surface area contributed by atoms with Gasteiger partial charge in [-0.2, -0.15) is 5.10 Å². The maximum atomic E-state index is 12.0. The van der Waals surface area contributed by atoms with E-state index in [1.165, 1.54) is 4.68 Å². The van der Waals surface area contributed by atoms with Crippen LogP contribution in [0.5, 0.6) is 0 Å². The van der Waals surface area contributed by atoms with E-state index in [4.69, 9.17) is 0 Å². The summed E-state index contributed by atoms with van der Waals surface area (Å²) in [4.78, 5) is 0. The third-order valence-corrected chi connectivity index (χ3v) is 1.77. The largest absolute Gasteiger partial charge is 0.313 e. The highest BCUT2D eigenvalue weighted by molar-refractivity contribution is 5.85. The fraction of sp³-hybridized carbons (Fsp3) is 0.667. The lowest BCUT2D eigenvalue weighted by atomic mass is 10.3. The molecule has 1 aromatic rings. The average Bonchev–Trinajstić information content (AvgIpc) is 2.52. The van der Waals surface area contributed by atoms with Crippen molar-refractivity contribution in [3.05, 3.63) is 18.0 Å². The minimum absolute atomic E-state index is 0. The predicted molar refractivity (Wildman–Crippen MR) is 57.5 cm³/mol. The van der Waals surface area contributed by atoms with Crippen molar-refractivity contribution in [3.8, 4) is 0 Å². The Kier molecular flexibility index (Phi) is 7.25. The Hall–Kier alpha value is -0.680. The van der Waals surface area contributed by atoms with E-state index in [9.17, 15) is 8.78 Å². The molecule has 0 aliphatic heterocycles. The van der Waals surface area contributed by atoms with E-state index >= 15 is 0 Å².